The summed E-state index contributed by atoms with van der Waals surface area (Å²) < 4.78 is 21.6. The van der Waals surface area contributed by atoms with Crippen molar-refractivity contribution in [2.24, 2.45) is 0 Å². The highest BCUT2D eigenvalue weighted by molar-refractivity contribution is 7.99. The van der Waals surface area contributed by atoms with Crippen molar-refractivity contribution in [3.63, 3.8) is 0 Å². The largest absolute Gasteiger partial charge is 0.497 e. The molecule has 0 spiro atoms. The molecule has 3 aromatic rings. The summed E-state index contributed by atoms with van der Waals surface area (Å²) in [6, 6.07) is 9.27. The van der Waals surface area contributed by atoms with Gasteiger partial charge in [0.2, 0.25) is 0 Å². The number of benzene rings is 1. The van der Waals surface area contributed by atoms with Crippen LogP contribution in [-0.4, -0.2) is 29.7 Å². The van der Waals surface area contributed by atoms with E-state index in [0.29, 0.717) is 23.5 Å². The van der Waals surface area contributed by atoms with Crippen molar-refractivity contribution in [3.05, 3.63) is 42.4 Å². The van der Waals surface area contributed by atoms with Crippen molar-refractivity contribution < 1.29 is 18.3 Å². The minimum atomic E-state index is 0.467. The minimum Gasteiger partial charge on any atom is -0.497 e. The summed E-state index contributed by atoms with van der Waals surface area (Å²) in [6.45, 7) is 2.40. The fourth-order valence-corrected chi connectivity index (χ4v) is 2.52. The fraction of sp³-hybridized carbons (Fsp3) is 0.250. The van der Waals surface area contributed by atoms with Gasteiger partial charge in [-0.05, 0) is 37.3 Å². The summed E-state index contributed by atoms with van der Waals surface area (Å²) in [6.07, 6.45) is 1.60. The fourth-order valence-electron chi connectivity index (χ4n) is 1.94. The van der Waals surface area contributed by atoms with Crippen molar-refractivity contribution in [2.75, 3.05) is 19.5 Å². The lowest BCUT2D eigenvalue weighted by Crippen LogP contribution is -1.99. The topological polar surface area (TPSA) is 70.5 Å². The van der Waals surface area contributed by atoms with E-state index >= 15 is 0 Å². The molecule has 3 rings (SSSR count). The number of aromatic nitrogens is 2. The van der Waals surface area contributed by atoms with E-state index in [1.807, 2.05) is 37.3 Å². The Morgan fingerprint density at radius 1 is 1.09 bits per heavy atom. The molecule has 0 fully saturated rings. The summed E-state index contributed by atoms with van der Waals surface area (Å²) in [4.78, 5) is 0. The average Bonchev–Trinajstić information content (AvgIpc) is 3.21. The number of thioether (sulfide) groups is 1. The second-order valence-electron chi connectivity index (χ2n) is 4.64. The van der Waals surface area contributed by atoms with Crippen LogP contribution in [0.5, 0.6) is 11.5 Å². The van der Waals surface area contributed by atoms with E-state index in [1.54, 1.807) is 13.4 Å². The lowest BCUT2D eigenvalue weighted by molar-refractivity contribution is 0.342. The molecule has 0 radical (unpaired) electrons. The second kappa shape index (κ2) is 7.23. The van der Waals surface area contributed by atoms with Crippen molar-refractivity contribution in [1.29, 1.82) is 0 Å². The standard InChI is InChI=1S/C16H16N2O4S/c1-11-14(7-8-20-11)15-17-18-16(22-15)23-10-9-21-13-5-3-12(19-2)4-6-13/h3-8H,9-10H2,1-2H3. The van der Waals surface area contributed by atoms with Crippen LogP contribution in [0.3, 0.4) is 0 Å². The molecule has 120 valence electrons. The van der Waals surface area contributed by atoms with Crippen LogP contribution in [0.25, 0.3) is 11.5 Å². The third-order valence-electron chi connectivity index (χ3n) is 3.13. The van der Waals surface area contributed by atoms with Crippen LogP contribution in [0.4, 0.5) is 0 Å². The number of methoxy groups -OCH3 is 1. The molecular formula is C16H16N2O4S. The molecule has 0 aliphatic heterocycles. The van der Waals surface area contributed by atoms with E-state index in [2.05, 4.69) is 10.2 Å². The molecule has 0 aliphatic rings. The smallest absolute Gasteiger partial charge is 0.276 e. The number of ether oxygens (including phenoxy) is 2. The first-order chi connectivity index (χ1) is 11.3. The Labute approximate surface area is 137 Å². The number of furan rings is 1. The van der Waals surface area contributed by atoms with Crippen molar-refractivity contribution in [3.8, 4) is 23.0 Å². The quantitative estimate of drug-likeness (QED) is 0.481. The second-order valence-corrected chi connectivity index (χ2v) is 5.68. The van der Waals surface area contributed by atoms with Crippen LogP contribution >= 0.6 is 11.8 Å². The normalized spacial score (nSPS) is 10.7. The summed E-state index contributed by atoms with van der Waals surface area (Å²) >= 11 is 1.45. The number of rotatable bonds is 7. The average molecular weight is 332 g/mol. The highest BCUT2D eigenvalue weighted by Gasteiger charge is 2.13. The Hall–Kier alpha value is -2.41. The van der Waals surface area contributed by atoms with Gasteiger partial charge in [0, 0.05) is 5.75 Å². The van der Waals surface area contributed by atoms with E-state index in [4.69, 9.17) is 18.3 Å². The van der Waals surface area contributed by atoms with Gasteiger partial charge in [0.25, 0.3) is 11.1 Å². The lowest BCUT2D eigenvalue weighted by atomic mass is 10.3. The summed E-state index contributed by atoms with van der Waals surface area (Å²) in [5.41, 5.74) is 0.818. The van der Waals surface area contributed by atoms with Gasteiger partial charge in [-0.25, -0.2) is 0 Å². The molecule has 0 saturated carbocycles. The maximum Gasteiger partial charge on any atom is 0.276 e. The number of hydrogen-bond acceptors (Lipinski definition) is 7. The molecule has 0 bridgehead atoms. The van der Waals surface area contributed by atoms with Crippen LogP contribution < -0.4 is 9.47 Å². The van der Waals surface area contributed by atoms with Crippen molar-refractivity contribution in [1.82, 2.24) is 10.2 Å². The maximum atomic E-state index is 5.64. The van der Waals surface area contributed by atoms with Gasteiger partial charge in [-0.3, -0.25) is 0 Å². The number of aryl methyl sites for hydroxylation is 1. The van der Waals surface area contributed by atoms with E-state index in [9.17, 15) is 0 Å². The van der Waals surface area contributed by atoms with E-state index < -0.39 is 0 Å². The van der Waals surface area contributed by atoms with Crippen LogP contribution in [0.1, 0.15) is 5.76 Å². The Morgan fingerprint density at radius 3 is 2.57 bits per heavy atom. The first kappa shape index (κ1) is 15.5. The van der Waals surface area contributed by atoms with Crippen LogP contribution in [0.15, 0.2) is 50.7 Å². The first-order valence-electron chi connectivity index (χ1n) is 7.04. The Morgan fingerprint density at radius 2 is 1.87 bits per heavy atom. The molecule has 0 unspecified atom stereocenters. The van der Waals surface area contributed by atoms with Gasteiger partial charge in [-0.1, -0.05) is 11.8 Å². The molecule has 0 saturated heterocycles. The summed E-state index contributed by atoms with van der Waals surface area (Å²) in [5, 5.41) is 8.55. The third kappa shape index (κ3) is 3.87. The van der Waals surface area contributed by atoms with Gasteiger partial charge in [-0.15, -0.1) is 10.2 Å². The molecule has 0 atom stereocenters. The zero-order valence-corrected chi connectivity index (χ0v) is 13.6. The van der Waals surface area contributed by atoms with E-state index in [0.717, 1.165) is 22.8 Å². The molecule has 0 aliphatic carbocycles. The van der Waals surface area contributed by atoms with Crippen LogP contribution in [0, 0.1) is 6.92 Å². The molecular weight excluding hydrogens is 316 g/mol. The molecule has 23 heavy (non-hydrogen) atoms. The molecule has 6 nitrogen and oxygen atoms in total. The Kier molecular flexibility index (Phi) is 4.87. The monoisotopic (exact) mass is 332 g/mol. The van der Waals surface area contributed by atoms with Crippen molar-refractivity contribution in [2.45, 2.75) is 12.1 Å². The van der Waals surface area contributed by atoms with Crippen molar-refractivity contribution >= 4 is 11.8 Å². The predicted octanol–water partition coefficient (Wildman–Crippen LogP) is 3.82. The van der Waals surface area contributed by atoms with Crippen LogP contribution in [0.2, 0.25) is 0 Å². The maximum absolute atomic E-state index is 5.64. The van der Waals surface area contributed by atoms with Gasteiger partial charge in [0.05, 0.1) is 25.5 Å². The highest BCUT2D eigenvalue weighted by atomic mass is 32.2. The number of nitrogens with zero attached hydrogens (tertiary/aromatic N) is 2. The van der Waals surface area contributed by atoms with Gasteiger partial charge in [-0.2, -0.15) is 0 Å². The summed E-state index contributed by atoms with van der Waals surface area (Å²) in [7, 11) is 1.64. The molecule has 0 amide bonds. The van der Waals surface area contributed by atoms with Gasteiger partial charge in [0.1, 0.15) is 17.3 Å². The first-order valence-corrected chi connectivity index (χ1v) is 8.02. The van der Waals surface area contributed by atoms with E-state index in [-0.39, 0.29) is 0 Å². The zero-order chi connectivity index (χ0) is 16.1. The minimum absolute atomic E-state index is 0.467. The molecule has 7 heteroatoms. The van der Waals surface area contributed by atoms with E-state index in [1.165, 1.54) is 11.8 Å². The number of hydrogen-bond donors (Lipinski definition) is 0. The highest BCUT2D eigenvalue weighted by Crippen LogP contribution is 2.26. The SMILES string of the molecule is COc1ccc(OCCSc2nnc(-c3ccoc3C)o2)cc1. The molecule has 2 aromatic heterocycles. The molecule has 2 heterocycles. The predicted molar refractivity (Wildman–Crippen MR) is 86.0 cm³/mol. The third-order valence-corrected chi connectivity index (χ3v) is 3.92. The Balaban J connectivity index is 1.47. The Bertz CT molecular complexity index is 752. The molecule has 0 N–H and O–H groups in total. The molecule has 1 aromatic carbocycles. The van der Waals surface area contributed by atoms with Gasteiger partial charge in [0.15, 0.2) is 0 Å². The lowest BCUT2D eigenvalue weighted by Gasteiger charge is -2.05. The summed E-state index contributed by atoms with van der Waals surface area (Å²) in [5.74, 6) is 3.53. The zero-order valence-electron chi connectivity index (χ0n) is 12.8. The van der Waals surface area contributed by atoms with Crippen LogP contribution in [-0.2, 0) is 0 Å². The van der Waals surface area contributed by atoms with Gasteiger partial charge < -0.3 is 18.3 Å². The van der Waals surface area contributed by atoms with Gasteiger partial charge >= 0.3 is 0 Å².